The van der Waals surface area contributed by atoms with E-state index < -0.39 is 0 Å². The van der Waals surface area contributed by atoms with Crippen molar-refractivity contribution in [2.24, 2.45) is 0 Å². The van der Waals surface area contributed by atoms with Gasteiger partial charge in [0, 0.05) is 29.0 Å². The van der Waals surface area contributed by atoms with E-state index in [9.17, 15) is 0 Å². The zero-order valence-corrected chi connectivity index (χ0v) is 3.49. The van der Waals surface area contributed by atoms with Crippen LogP contribution in [0.5, 0.6) is 0 Å². The molecule has 0 N–H and O–H groups in total. The molecule has 0 aromatic rings. The van der Waals surface area contributed by atoms with Crippen LogP contribution < -0.4 is 0 Å². The van der Waals surface area contributed by atoms with E-state index in [1.165, 1.54) is 0 Å². The van der Waals surface area contributed by atoms with Crippen molar-refractivity contribution in [3.63, 3.8) is 0 Å². The van der Waals surface area contributed by atoms with Crippen LogP contribution in [-0.2, 0) is 22.4 Å². The summed E-state index contributed by atoms with van der Waals surface area (Å²) in [6, 6.07) is 0. The van der Waals surface area contributed by atoms with E-state index in [-0.39, 0.29) is 51.9 Å². The first-order chi connectivity index (χ1) is 1.00. The van der Waals surface area contributed by atoms with Crippen LogP contribution in [0.1, 0.15) is 0 Å². The third-order valence-corrected chi connectivity index (χ3v) is 0. The van der Waals surface area contributed by atoms with Crippen LogP contribution in [0.2, 0.25) is 0 Å². The molecule has 4 heavy (non-hydrogen) atoms. The van der Waals surface area contributed by atoms with Crippen molar-refractivity contribution in [2.75, 3.05) is 0 Å². The molecule has 3 heteroatoms. The Morgan fingerprint density at radius 2 is 1.25 bits per heavy atom. The van der Waals surface area contributed by atoms with Gasteiger partial charge in [0.25, 0.3) is 0 Å². The van der Waals surface area contributed by atoms with Crippen molar-refractivity contribution in [2.45, 2.75) is 0 Å². The first-order valence-electron chi connectivity index (χ1n) is 0.258. The zero-order chi connectivity index (χ0) is 2.00. The van der Waals surface area contributed by atoms with Gasteiger partial charge in [-0.2, -0.15) is 0 Å². The maximum atomic E-state index is 6.50. The van der Waals surface area contributed by atoms with Gasteiger partial charge in [0.1, 0.15) is 0 Å². The Balaban J connectivity index is -0.00000000500. The fraction of sp³-hybridized carbons (Fsp3) is 0. The van der Waals surface area contributed by atoms with Crippen LogP contribution in [0.3, 0.4) is 0 Å². The van der Waals surface area contributed by atoms with E-state index in [1.54, 1.807) is 0 Å². The molecule has 0 aliphatic carbocycles. The van der Waals surface area contributed by atoms with E-state index in [4.69, 9.17) is 5.26 Å². The third-order valence-electron chi connectivity index (χ3n) is 0. The fourth-order valence-electron chi connectivity index (χ4n) is 0. The van der Waals surface area contributed by atoms with Gasteiger partial charge in [-0.1, -0.05) is 0 Å². The average Bonchev–Trinajstić information content (AvgIpc) is 1.00. The van der Waals surface area contributed by atoms with Crippen molar-refractivity contribution in [3.8, 4) is 6.57 Å². The summed E-state index contributed by atoms with van der Waals surface area (Å²) in [5.74, 6) is 0. The Hall–Kier alpha value is 1.23. The predicted octanol–water partition coefficient (Wildman–Crippen LogP) is -0.511. The Morgan fingerprint density at radius 1 is 1.25 bits per heavy atom. The van der Waals surface area contributed by atoms with Crippen molar-refractivity contribution in [1.82, 2.24) is 0 Å². The molecule has 0 aliphatic heterocycles. The van der Waals surface area contributed by atoms with Crippen molar-refractivity contribution >= 4 is 29.6 Å². The summed E-state index contributed by atoms with van der Waals surface area (Å²) in [6.45, 7) is 3.50. The number of hydrogen-bond donors (Lipinski definition) is 0. The molecule has 0 aliphatic rings. The quantitative estimate of drug-likeness (QED) is 0.529. The van der Waals surface area contributed by atoms with Crippen LogP contribution in [0.15, 0.2) is 0 Å². The molecule has 0 rings (SSSR count). The number of nitrogens with zero attached hydrogens (tertiary/aromatic N) is 1. The molecule has 23 valence electrons. The first kappa shape index (κ1) is 18.8. The molecule has 0 spiro atoms. The molecule has 0 fully saturated rings. The molecule has 0 atom stereocenters. The van der Waals surface area contributed by atoms with Gasteiger partial charge in [-0.15, -0.1) is 0 Å². The monoisotopic (exact) mass is 248 g/mol. The second-order valence-corrected chi connectivity index (χ2v) is 0. The molecule has 0 saturated heterocycles. The Kier molecular flexibility index (Phi) is 137. The molecule has 1 radical (unpaired) electrons. The summed E-state index contributed by atoms with van der Waals surface area (Å²) >= 11 is 0. The maximum absolute atomic E-state index is 6.50. The normalized spacial score (nSPS) is 0.500. The van der Waals surface area contributed by atoms with Gasteiger partial charge < -0.3 is 0 Å². The number of nitriles is 1. The first-order valence-corrected chi connectivity index (χ1v) is 0.258. The van der Waals surface area contributed by atoms with Crippen LogP contribution in [0.25, 0.3) is 0 Å². The summed E-state index contributed by atoms with van der Waals surface area (Å²) in [4.78, 5) is 0. The molecule has 0 unspecified atom stereocenters. The minimum atomic E-state index is 0. The minimum absolute atomic E-state index is 0. The van der Waals surface area contributed by atoms with Crippen LogP contribution in [0, 0.1) is 11.8 Å². The van der Waals surface area contributed by atoms with Gasteiger partial charge >= 0.3 is 29.6 Å². The molecule has 0 aromatic carbocycles. The molecule has 1 nitrogen and oxygen atoms in total. The van der Waals surface area contributed by atoms with Crippen molar-refractivity contribution in [1.29, 1.82) is 5.26 Å². The number of rotatable bonds is 0. The van der Waals surface area contributed by atoms with Crippen molar-refractivity contribution in [3.05, 3.63) is 0 Å². The Labute approximate surface area is 63.2 Å². The van der Waals surface area contributed by atoms with Crippen LogP contribution in [-0.4, -0.2) is 29.6 Å². The van der Waals surface area contributed by atoms with Gasteiger partial charge in [0.05, 0.1) is 0 Å². The van der Waals surface area contributed by atoms with E-state index in [0.29, 0.717) is 0 Å². The third kappa shape index (κ3) is 10.6. The SMILES string of the molecule is C#N.[Au].[NaH]. The van der Waals surface area contributed by atoms with E-state index in [0.717, 1.165) is 0 Å². The Morgan fingerprint density at radius 3 is 1.25 bits per heavy atom. The van der Waals surface area contributed by atoms with Gasteiger partial charge in [-0.05, 0) is 0 Å². The second kappa shape index (κ2) is 29.2. The summed E-state index contributed by atoms with van der Waals surface area (Å²) in [5, 5.41) is 6.50. The van der Waals surface area contributed by atoms with Gasteiger partial charge in [-0.3, -0.25) is 0 Å². The summed E-state index contributed by atoms with van der Waals surface area (Å²) in [6.07, 6.45) is 0. The topological polar surface area (TPSA) is 23.8 Å². The fourth-order valence-corrected chi connectivity index (χ4v) is 0. The summed E-state index contributed by atoms with van der Waals surface area (Å²) in [5.41, 5.74) is 0. The summed E-state index contributed by atoms with van der Waals surface area (Å²) < 4.78 is 0. The molecule has 0 heterocycles. The molecule has 0 saturated carbocycles. The Bertz CT molecular complexity index is 12.8. The van der Waals surface area contributed by atoms with Gasteiger partial charge in [-0.25, -0.2) is 5.26 Å². The predicted molar refractivity (Wildman–Crippen MR) is 13.8 cm³/mol. The zero-order valence-electron chi connectivity index (χ0n) is 1.33. The molecule has 0 aromatic heterocycles. The standard InChI is InChI=1S/CHN.Au.Na.H/c1-2;;;/h1H;;;. The van der Waals surface area contributed by atoms with Crippen LogP contribution in [0.4, 0.5) is 0 Å². The second-order valence-electron chi connectivity index (χ2n) is 0. The number of hydrogen-bond acceptors (Lipinski definition) is 1. The van der Waals surface area contributed by atoms with Crippen LogP contribution >= 0.6 is 0 Å². The summed E-state index contributed by atoms with van der Waals surface area (Å²) in [7, 11) is 0. The van der Waals surface area contributed by atoms with Gasteiger partial charge in [0.15, 0.2) is 0 Å². The molecular weight excluding hydrogens is 246 g/mol. The van der Waals surface area contributed by atoms with E-state index >= 15 is 0 Å². The molecular formula is CH2AuNNa. The van der Waals surface area contributed by atoms with Crippen molar-refractivity contribution < 1.29 is 22.4 Å². The van der Waals surface area contributed by atoms with E-state index in [1.807, 2.05) is 0 Å². The average molecular weight is 248 g/mol. The van der Waals surface area contributed by atoms with E-state index in [2.05, 4.69) is 6.57 Å². The van der Waals surface area contributed by atoms with Gasteiger partial charge in [0.2, 0.25) is 0 Å². The molecule has 0 bridgehead atoms. The molecule has 0 amide bonds.